The fraction of sp³-hybridized carbons (Fsp3) is 0.300. The van der Waals surface area contributed by atoms with Crippen molar-refractivity contribution in [1.82, 2.24) is 10.6 Å². The lowest BCUT2D eigenvalue weighted by Crippen LogP contribution is -2.57. The second kappa shape index (κ2) is 4.16. The molecule has 1 aromatic carbocycles. The van der Waals surface area contributed by atoms with Crippen molar-refractivity contribution in [2.45, 2.75) is 6.04 Å². The highest BCUT2D eigenvalue weighted by molar-refractivity contribution is 6.33. The number of hydrogen-bond acceptors (Lipinski definition) is 2. The van der Waals surface area contributed by atoms with Crippen LogP contribution in [0.25, 0.3) is 0 Å². The van der Waals surface area contributed by atoms with E-state index in [9.17, 15) is 9.18 Å². The van der Waals surface area contributed by atoms with E-state index in [2.05, 4.69) is 10.6 Å². The maximum absolute atomic E-state index is 13.3. The summed E-state index contributed by atoms with van der Waals surface area (Å²) < 4.78 is 13.3. The van der Waals surface area contributed by atoms with Gasteiger partial charge >= 0.3 is 0 Å². The van der Waals surface area contributed by atoms with Gasteiger partial charge in [-0.15, -0.1) is 0 Å². The first-order valence-electron chi connectivity index (χ1n) is 4.64. The van der Waals surface area contributed by atoms with E-state index >= 15 is 0 Å². The van der Waals surface area contributed by atoms with E-state index in [1.807, 2.05) is 0 Å². The Balaban J connectivity index is 2.16. The molecule has 2 rings (SSSR count). The molecule has 1 saturated heterocycles. The lowest BCUT2D eigenvalue weighted by molar-refractivity contribution is 0.0920. The van der Waals surface area contributed by atoms with Crippen LogP contribution in [0.3, 0.4) is 0 Å². The third kappa shape index (κ3) is 2.11. The van der Waals surface area contributed by atoms with Gasteiger partial charge in [-0.1, -0.05) is 17.7 Å². The third-order valence-electron chi connectivity index (χ3n) is 2.31. The second-order valence-corrected chi connectivity index (χ2v) is 3.83. The lowest BCUT2D eigenvalue weighted by Gasteiger charge is -2.28. The molecule has 1 amide bonds. The molecule has 3 nitrogen and oxygen atoms in total. The molecular formula is C10H10ClFN2O. The first kappa shape index (κ1) is 10.4. The van der Waals surface area contributed by atoms with Crippen LogP contribution in [0.5, 0.6) is 0 Å². The van der Waals surface area contributed by atoms with Gasteiger partial charge in [0.2, 0.25) is 0 Å². The number of nitrogens with one attached hydrogen (secondary N) is 2. The van der Waals surface area contributed by atoms with Crippen LogP contribution in [0.15, 0.2) is 18.2 Å². The number of benzene rings is 1. The molecule has 0 spiro atoms. The van der Waals surface area contributed by atoms with Gasteiger partial charge in [0, 0.05) is 13.1 Å². The van der Waals surface area contributed by atoms with Crippen LogP contribution in [0.1, 0.15) is 10.4 Å². The van der Waals surface area contributed by atoms with E-state index in [1.54, 1.807) is 0 Å². The van der Waals surface area contributed by atoms with Crippen LogP contribution in [0, 0.1) is 5.82 Å². The van der Waals surface area contributed by atoms with Crippen molar-refractivity contribution < 1.29 is 9.18 Å². The van der Waals surface area contributed by atoms with Gasteiger partial charge in [0.25, 0.3) is 5.91 Å². The van der Waals surface area contributed by atoms with Gasteiger partial charge in [-0.2, -0.15) is 0 Å². The van der Waals surface area contributed by atoms with Crippen molar-refractivity contribution >= 4 is 17.5 Å². The molecule has 0 atom stereocenters. The standard InChI is InChI=1S/C10H10ClFN2O/c11-7-2-1-3-8(12)9(7)10(15)14-6-4-13-5-6/h1-3,6,13H,4-5H2,(H,14,15). The summed E-state index contributed by atoms with van der Waals surface area (Å²) in [4.78, 5) is 11.6. The Kier molecular flexibility index (Phi) is 2.88. The van der Waals surface area contributed by atoms with E-state index in [4.69, 9.17) is 11.6 Å². The number of hydrogen-bond donors (Lipinski definition) is 2. The second-order valence-electron chi connectivity index (χ2n) is 3.43. The minimum atomic E-state index is -0.590. The Hall–Kier alpha value is -1.13. The van der Waals surface area contributed by atoms with Crippen molar-refractivity contribution in [2.75, 3.05) is 13.1 Å². The Morgan fingerprint density at radius 1 is 1.53 bits per heavy atom. The Labute approximate surface area is 91.6 Å². The van der Waals surface area contributed by atoms with Crippen molar-refractivity contribution in [2.24, 2.45) is 0 Å². The van der Waals surface area contributed by atoms with Gasteiger partial charge in [-0.3, -0.25) is 4.79 Å². The molecule has 1 aliphatic rings. The average molecular weight is 229 g/mol. The SMILES string of the molecule is O=C(NC1CNC1)c1c(F)cccc1Cl. The summed E-state index contributed by atoms with van der Waals surface area (Å²) in [6.45, 7) is 1.44. The fourth-order valence-electron chi connectivity index (χ4n) is 1.36. The third-order valence-corrected chi connectivity index (χ3v) is 2.62. The fourth-order valence-corrected chi connectivity index (χ4v) is 1.61. The summed E-state index contributed by atoms with van der Waals surface area (Å²) in [5, 5.41) is 5.83. The predicted octanol–water partition coefficient (Wildman–Crippen LogP) is 1.18. The number of rotatable bonds is 2. The summed E-state index contributed by atoms with van der Waals surface area (Å²) in [7, 11) is 0. The van der Waals surface area contributed by atoms with E-state index < -0.39 is 11.7 Å². The van der Waals surface area contributed by atoms with Crippen molar-refractivity contribution in [3.05, 3.63) is 34.6 Å². The van der Waals surface area contributed by atoms with Crippen molar-refractivity contribution in [3.8, 4) is 0 Å². The maximum Gasteiger partial charge on any atom is 0.256 e. The van der Waals surface area contributed by atoms with Gasteiger partial charge in [0.05, 0.1) is 16.6 Å². The van der Waals surface area contributed by atoms with Crippen LogP contribution in [0.4, 0.5) is 4.39 Å². The van der Waals surface area contributed by atoms with E-state index in [1.165, 1.54) is 18.2 Å². The number of amides is 1. The van der Waals surface area contributed by atoms with Crippen LogP contribution < -0.4 is 10.6 Å². The minimum Gasteiger partial charge on any atom is -0.347 e. The molecule has 0 aliphatic carbocycles. The minimum absolute atomic E-state index is 0.0770. The molecule has 0 radical (unpaired) electrons. The van der Waals surface area contributed by atoms with Crippen LogP contribution >= 0.6 is 11.6 Å². The maximum atomic E-state index is 13.3. The van der Waals surface area contributed by atoms with E-state index in [-0.39, 0.29) is 16.6 Å². The smallest absolute Gasteiger partial charge is 0.256 e. The van der Waals surface area contributed by atoms with Gasteiger partial charge in [-0.25, -0.2) is 4.39 Å². The molecule has 5 heteroatoms. The largest absolute Gasteiger partial charge is 0.347 e. The summed E-state index contributed by atoms with van der Waals surface area (Å²) in [5.74, 6) is -1.04. The highest BCUT2D eigenvalue weighted by atomic mass is 35.5. The van der Waals surface area contributed by atoms with Crippen LogP contribution in [-0.2, 0) is 0 Å². The Morgan fingerprint density at radius 2 is 2.27 bits per heavy atom. The first-order chi connectivity index (χ1) is 7.18. The molecule has 1 fully saturated rings. The highest BCUT2D eigenvalue weighted by Gasteiger charge is 2.22. The monoisotopic (exact) mass is 228 g/mol. The van der Waals surface area contributed by atoms with Crippen molar-refractivity contribution in [3.63, 3.8) is 0 Å². The highest BCUT2D eigenvalue weighted by Crippen LogP contribution is 2.18. The number of carbonyl (C=O) groups is 1. The topological polar surface area (TPSA) is 41.1 Å². The van der Waals surface area contributed by atoms with Crippen molar-refractivity contribution in [1.29, 1.82) is 0 Å². The van der Waals surface area contributed by atoms with E-state index in [0.29, 0.717) is 0 Å². The summed E-state index contributed by atoms with van der Waals surface area (Å²) in [6, 6.07) is 4.27. The van der Waals surface area contributed by atoms with E-state index in [0.717, 1.165) is 13.1 Å². The van der Waals surface area contributed by atoms with Gasteiger partial charge in [0.15, 0.2) is 0 Å². The summed E-state index contributed by atoms with van der Waals surface area (Å²) in [6.07, 6.45) is 0. The molecule has 1 heterocycles. The quantitative estimate of drug-likeness (QED) is 0.798. The molecule has 15 heavy (non-hydrogen) atoms. The normalized spacial score (nSPS) is 15.9. The summed E-state index contributed by atoms with van der Waals surface area (Å²) in [5.41, 5.74) is -0.0777. The molecule has 80 valence electrons. The zero-order valence-electron chi connectivity index (χ0n) is 7.89. The Morgan fingerprint density at radius 3 is 2.80 bits per heavy atom. The number of carbonyl (C=O) groups excluding carboxylic acids is 1. The molecule has 2 N–H and O–H groups in total. The molecule has 0 aromatic heterocycles. The lowest BCUT2D eigenvalue weighted by atomic mass is 10.1. The van der Waals surface area contributed by atoms with Crippen LogP contribution in [-0.4, -0.2) is 25.0 Å². The zero-order valence-corrected chi connectivity index (χ0v) is 8.64. The van der Waals surface area contributed by atoms with Gasteiger partial charge < -0.3 is 10.6 Å². The molecule has 1 aromatic rings. The predicted molar refractivity (Wildman–Crippen MR) is 55.5 cm³/mol. The first-order valence-corrected chi connectivity index (χ1v) is 5.02. The molecule has 0 saturated carbocycles. The molecular weight excluding hydrogens is 219 g/mol. The Bertz CT molecular complexity index is 373. The van der Waals surface area contributed by atoms with Crippen LogP contribution in [0.2, 0.25) is 5.02 Å². The molecule has 1 aliphatic heterocycles. The van der Waals surface area contributed by atoms with Gasteiger partial charge in [0.1, 0.15) is 5.82 Å². The van der Waals surface area contributed by atoms with Gasteiger partial charge in [-0.05, 0) is 12.1 Å². The molecule has 0 bridgehead atoms. The number of halogens is 2. The zero-order chi connectivity index (χ0) is 10.8. The molecule has 0 unspecified atom stereocenters. The summed E-state index contributed by atoms with van der Waals surface area (Å²) >= 11 is 5.75. The average Bonchev–Trinajstić information content (AvgIpc) is 2.11.